The molecule has 1 aromatic rings. The molecule has 2 aliphatic rings. The van der Waals surface area contributed by atoms with Crippen LogP contribution in [0.2, 0.25) is 0 Å². The van der Waals surface area contributed by atoms with Crippen LogP contribution < -0.4 is 10.6 Å². The molecule has 0 saturated carbocycles. The zero-order chi connectivity index (χ0) is 13.4. The molecule has 0 aromatic carbocycles. The fraction of sp³-hybridized carbons (Fsp3) is 0.733. The first kappa shape index (κ1) is 12.9. The van der Waals surface area contributed by atoms with Crippen LogP contribution in [0.4, 0.5) is 5.95 Å². The van der Waals surface area contributed by atoms with Crippen molar-refractivity contribution in [1.82, 2.24) is 9.97 Å². The third kappa shape index (κ3) is 2.59. The highest BCUT2D eigenvalue weighted by Gasteiger charge is 2.23. The number of piperidine rings is 1. The van der Waals surface area contributed by atoms with Gasteiger partial charge in [0.05, 0.1) is 0 Å². The Labute approximate surface area is 115 Å². The van der Waals surface area contributed by atoms with Crippen molar-refractivity contribution >= 4 is 5.95 Å². The molecule has 2 heterocycles. The third-order valence-electron chi connectivity index (χ3n) is 4.54. The summed E-state index contributed by atoms with van der Waals surface area (Å²) < 4.78 is 0. The lowest BCUT2D eigenvalue weighted by atomic mass is 9.87. The van der Waals surface area contributed by atoms with Gasteiger partial charge >= 0.3 is 0 Å². The van der Waals surface area contributed by atoms with E-state index in [0.717, 1.165) is 50.6 Å². The molecule has 1 aliphatic heterocycles. The summed E-state index contributed by atoms with van der Waals surface area (Å²) in [6, 6.07) is 0.357. The number of anilines is 1. The van der Waals surface area contributed by atoms with Gasteiger partial charge in [-0.3, -0.25) is 0 Å². The second kappa shape index (κ2) is 5.08. The van der Waals surface area contributed by atoms with E-state index in [9.17, 15) is 0 Å². The first-order chi connectivity index (χ1) is 9.13. The van der Waals surface area contributed by atoms with Crippen molar-refractivity contribution in [3.8, 4) is 0 Å². The van der Waals surface area contributed by atoms with Gasteiger partial charge in [0, 0.05) is 30.5 Å². The Balaban J connectivity index is 1.86. The minimum absolute atomic E-state index is 0.357. The summed E-state index contributed by atoms with van der Waals surface area (Å²) in [5.74, 6) is 1.70. The minimum Gasteiger partial charge on any atom is -0.341 e. The van der Waals surface area contributed by atoms with Gasteiger partial charge in [-0.15, -0.1) is 0 Å². The highest BCUT2D eigenvalue weighted by Crippen LogP contribution is 2.28. The molecular formula is C15H24N4. The number of fused-ring (bicyclic) bond motifs is 1. The van der Waals surface area contributed by atoms with Gasteiger partial charge in [0.2, 0.25) is 5.95 Å². The number of nitrogens with zero attached hydrogens (tertiary/aromatic N) is 3. The van der Waals surface area contributed by atoms with Gasteiger partial charge in [-0.05, 0) is 50.5 Å². The van der Waals surface area contributed by atoms with Crippen LogP contribution in [0.15, 0.2) is 0 Å². The summed E-state index contributed by atoms with van der Waals surface area (Å²) in [5.41, 5.74) is 9.83. The van der Waals surface area contributed by atoms with E-state index in [1.54, 1.807) is 0 Å². The van der Waals surface area contributed by atoms with E-state index < -0.39 is 0 Å². The molecule has 0 radical (unpaired) electrons. The molecule has 4 heteroatoms. The molecule has 3 rings (SSSR count). The Hall–Kier alpha value is -1.16. The second-order valence-electron chi connectivity index (χ2n) is 6.21. The van der Waals surface area contributed by atoms with Crippen molar-refractivity contribution in [2.45, 2.75) is 52.0 Å². The summed E-state index contributed by atoms with van der Waals surface area (Å²) in [6.45, 7) is 6.45. The molecule has 0 bridgehead atoms. The van der Waals surface area contributed by atoms with Crippen molar-refractivity contribution in [2.75, 3.05) is 18.0 Å². The number of aryl methyl sites for hydroxylation is 2. The van der Waals surface area contributed by atoms with Gasteiger partial charge in [0.15, 0.2) is 0 Å². The summed E-state index contributed by atoms with van der Waals surface area (Å²) >= 11 is 0. The van der Waals surface area contributed by atoms with Crippen LogP contribution in [-0.2, 0) is 12.8 Å². The topological polar surface area (TPSA) is 55.0 Å². The SMILES string of the molecule is Cc1nc(N2CCC(N)CC2)nc2c1CC(C)CC2. The summed E-state index contributed by atoms with van der Waals surface area (Å²) in [6.07, 6.45) is 5.62. The molecule has 1 fully saturated rings. The van der Waals surface area contributed by atoms with Crippen molar-refractivity contribution in [2.24, 2.45) is 11.7 Å². The minimum atomic E-state index is 0.357. The fourth-order valence-corrected chi connectivity index (χ4v) is 3.19. The molecule has 1 aromatic heterocycles. The van der Waals surface area contributed by atoms with Gasteiger partial charge < -0.3 is 10.6 Å². The fourth-order valence-electron chi connectivity index (χ4n) is 3.19. The van der Waals surface area contributed by atoms with Crippen molar-refractivity contribution in [3.05, 3.63) is 17.0 Å². The van der Waals surface area contributed by atoms with E-state index in [1.807, 2.05) is 0 Å². The average molecular weight is 260 g/mol. The molecule has 0 spiro atoms. The monoisotopic (exact) mass is 260 g/mol. The maximum Gasteiger partial charge on any atom is 0.225 e. The molecular weight excluding hydrogens is 236 g/mol. The van der Waals surface area contributed by atoms with Crippen molar-refractivity contribution < 1.29 is 0 Å². The lowest BCUT2D eigenvalue weighted by Gasteiger charge is -2.31. The van der Waals surface area contributed by atoms with Gasteiger partial charge in [-0.2, -0.15) is 0 Å². The van der Waals surface area contributed by atoms with E-state index in [0.29, 0.717) is 6.04 Å². The van der Waals surface area contributed by atoms with Gasteiger partial charge in [-0.25, -0.2) is 9.97 Å². The van der Waals surface area contributed by atoms with E-state index in [-0.39, 0.29) is 0 Å². The summed E-state index contributed by atoms with van der Waals surface area (Å²) in [7, 11) is 0. The second-order valence-corrected chi connectivity index (χ2v) is 6.21. The molecule has 1 saturated heterocycles. The summed E-state index contributed by atoms with van der Waals surface area (Å²) in [4.78, 5) is 11.9. The molecule has 1 atom stereocenters. The molecule has 4 nitrogen and oxygen atoms in total. The van der Waals surface area contributed by atoms with E-state index in [4.69, 9.17) is 15.7 Å². The van der Waals surface area contributed by atoms with Crippen LogP contribution in [0, 0.1) is 12.8 Å². The van der Waals surface area contributed by atoms with Crippen LogP contribution in [0.25, 0.3) is 0 Å². The van der Waals surface area contributed by atoms with E-state index >= 15 is 0 Å². The molecule has 2 N–H and O–H groups in total. The molecule has 19 heavy (non-hydrogen) atoms. The largest absolute Gasteiger partial charge is 0.341 e. The molecule has 1 unspecified atom stereocenters. The zero-order valence-corrected chi connectivity index (χ0v) is 12.0. The van der Waals surface area contributed by atoms with Gasteiger partial charge in [0.1, 0.15) is 0 Å². The molecule has 1 aliphatic carbocycles. The lowest BCUT2D eigenvalue weighted by Crippen LogP contribution is -2.40. The van der Waals surface area contributed by atoms with E-state index in [1.165, 1.54) is 23.4 Å². The number of hydrogen-bond acceptors (Lipinski definition) is 4. The Kier molecular flexibility index (Phi) is 3.44. The maximum atomic E-state index is 5.96. The Bertz CT molecular complexity index is 463. The quantitative estimate of drug-likeness (QED) is 0.837. The summed E-state index contributed by atoms with van der Waals surface area (Å²) in [5, 5.41) is 0. The number of nitrogens with two attached hydrogens (primary N) is 1. The highest BCUT2D eigenvalue weighted by atomic mass is 15.3. The van der Waals surface area contributed by atoms with Crippen LogP contribution in [0.3, 0.4) is 0 Å². The third-order valence-corrected chi connectivity index (χ3v) is 4.54. The van der Waals surface area contributed by atoms with Gasteiger partial charge in [-0.1, -0.05) is 6.92 Å². The van der Waals surface area contributed by atoms with Gasteiger partial charge in [0.25, 0.3) is 0 Å². The van der Waals surface area contributed by atoms with Crippen molar-refractivity contribution in [1.29, 1.82) is 0 Å². The Morgan fingerprint density at radius 2 is 1.89 bits per heavy atom. The normalized spacial score (nSPS) is 24.4. The molecule has 104 valence electrons. The maximum absolute atomic E-state index is 5.96. The smallest absolute Gasteiger partial charge is 0.225 e. The zero-order valence-electron chi connectivity index (χ0n) is 12.0. The van der Waals surface area contributed by atoms with Crippen molar-refractivity contribution in [3.63, 3.8) is 0 Å². The predicted octanol–water partition coefficient (Wildman–Crippen LogP) is 1.84. The van der Waals surface area contributed by atoms with Crippen LogP contribution in [-0.4, -0.2) is 29.1 Å². The number of aromatic nitrogens is 2. The predicted molar refractivity (Wildman–Crippen MR) is 77.4 cm³/mol. The van der Waals surface area contributed by atoms with Crippen LogP contribution >= 0.6 is 0 Å². The Morgan fingerprint density at radius 1 is 1.16 bits per heavy atom. The lowest BCUT2D eigenvalue weighted by molar-refractivity contribution is 0.479. The number of rotatable bonds is 1. The standard InChI is InChI=1S/C15H24N4/c1-10-3-4-14-13(9-10)11(2)17-15(18-14)19-7-5-12(16)6-8-19/h10,12H,3-9,16H2,1-2H3. The van der Waals surface area contributed by atoms with Crippen LogP contribution in [0.1, 0.15) is 43.1 Å². The average Bonchev–Trinajstić information content (AvgIpc) is 2.40. The first-order valence-corrected chi connectivity index (χ1v) is 7.50. The molecule has 0 amide bonds. The van der Waals surface area contributed by atoms with Crippen LogP contribution in [0.5, 0.6) is 0 Å². The number of hydrogen-bond donors (Lipinski definition) is 1. The Morgan fingerprint density at radius 3 is 2.63 bits per heavy atom. The first-order valence-electron chi connectivity index (χ1n) is 7.50. The van der Waals surface area contributed by atoms with E-state index in [2.05, 4.69) is 18.7 Å². The highest BCUT2D eigenvalue weighted by molar-refractivity contribution is 5.38.